The van der Waals surface area contributed by atoms with E-state index in [1.54, 1.807) is 0 Å². The maximum atomic E-state index is 12.6. The monoisotopic (exact) mass is 439 g/mol. The molecule has 0 amide bonds. The van der Waals surface area contributed by atoms with Gasteiger partial charge < -0.3 is 14.2 Å². The average molecular weight is 440 g/mol. The molecule has 1 aliphatic rings. The Labute approximate surface area is 189 Å². The molecular formula is C25H30ClN3O2. The summed E-state index contributed by atoms with van der Waals surface area (Å²) in [5.41, 5.74) is 5.89. The Balaban J connectivity index is 1.75. The summed E-state index contributed by atoms with van der Waals surface area (Å²) in [7, 11) is 2.15. The molecule has 1 aliphatic heterocycles. The minimum absolute atomic E-state index is 0.0191. The van der Waals surface area contributed by atoms with E-state index in [0.717, 1.165) is 35.8 Å². The minimum Gasteiger partial charge on any atom is -0.463 e. The van der Waals surface area contributed by atoms with Crippen LogP contribution in [-0.4, -0.2) is 40.1 Å². The number of carbonyl (C=O) groups excluding carboxylic acids is 1. The lowest BCUT2D eigenvalue weighted by atomic mass is 9.96. The first-order valence-corrected chi connectivity index (χ1v) is 11.3. The van der Waals surface area contributed by atoms with Gasteiger partial charge in [-0.1, -0.05) is 17.7 Å². The van der Waals surface area contributed by atoms with Crippen LogP contribution in [0, 0.1) is 6.92 Å². The third-order valence-corrected chi connectivity index (χ3v) is 6.23. The van der Waals surface area contributed by atoms with Crippen LogP contribution in [0.15, 0.2) is 36.5 Å². The van der Waals surface area contributed by atoms with Crippen LogP contribution >= 0.6 is 11.6 Å². The molecule has 0 radical (unpaired) electrons. The van der Waals surface area contributed by atoms with Crippen molar-refractivity contribution in [3.8, 4) is 0 Å². The molecular weight excluding hydrogens is 410 g/mol. The number of esters is 1. The Morgan fingerprint density at radius 2 is 2.06 bits per heavy atom. The maximum Gasteiger partial charge on any atom is 0.306 e. The van der Waals surface area contributed by atoms with E-state index in [0.29, 0.717) is 13.0 Å². The first kappa shape index (κ1) is 21.8. The predicted molar refractivity (Wildman–Crippen MR) is 125 cm³/mol. The molecule has 1 unspecified atom stereocenters. The summed E-state index contributed by atoms with van der Waals surface area (Å²) in [5.74, 6) is -0.192. The van der Waals surface area contributed by atoms with Crippen molar-refractivity contribution in [1.82, 2.24) is 14.5 Å². The van der Waals surface area contributed by atoms with Gasteiger partial charge in [-0.15, -0.1) is 0 Å². The van der Waals surface area contributed by atoms with Gasteiger partial charge in [-0.25, -0.2) is 0 Å². The molecule has 0 fully saturated rings. The summed E-state index contributed by atoms with van der Waals surface area (Å²) in [6, 6.07) is 10.2. The molecule has 4 rings (SSSR count). The Hall–Kier alpha value is -2.37. The molecule has 0 bridgehead atoms. The molecule has 0 saturated carbocycles. The second-order valence-corrected chi connectivity index (χ2v) is 9.29. The highest BCUT2D eigenvalue weighted by molar-refractivity contribution is 6.31. The van der Waals surface area contributed by atoms with Crippen molar-refractivity contribution in [2.45, 2.75) is 58.7 Å². The van der Waals surface area contributed by atoms with E-state index in [-0.39, 0.29) is 18.0 Å². The van der Waals surface area contributed by atoms with Crippen LogP contribution in [0.4, 0.5) is 0 Å². The van der Waals surface area contributed by atoms with Crippen LogP contribution in [0.1, 0.15) is 48.7 Å². The number of aromatic nitrogens is 2. The molecule has 1 aromatic carbocycles. The summed E-state index contributed by atoms with van der Waals surface area (Å²) in [5, 5.41) is 1.96. The predicted octanol–water partition coefficient (Wildman–Crippen LogP) is 5.11. The van der Waals surface area contributed by atoms with E-state index in [4.69, 9.17) is 16.3 Å². The molecule has 0 N–H and O–H groups in total. The number of ether oxygens (including phenoxy) is 1. The number of benzene rings is 1. The molecule has 0 spiro atoms. The van der Waals surface area contributed by atoms with E-state index in [2.05, 4.69) is 39.7 Å². The van der Waals surface area contributed by atoms with Crippen molar-refractivity contribution in [2.75, 3.05) is 13.6 Å². The van der Waals surface area contributed by atoms with Gasteiger partial charge in [0.15, 0.2) is 0 Å². The highest BCUT2D eigenvalue weighted by atomic mass is 35.5. The second kappa shape index (κ2) is 9.01. The normalized spacial score (nSPS) is 15.3. The zero-order chi connectivity index (χ0) is 22.1. The van der Waals surface area contributed by atoms with Gasteiger partial charge in [-0.2, -0.15) is 0 Å². The number of hydrogen-bond donors (Lipinski definition) is 0. The first-order valence-electron chi connectivity index (χ1n) is 10.9. The third kappa shape index (κ3) is 4.78. The Bertz CT molecular complexity index is 1090. The second-order valence-electron chi connectivity index (χ2n) is 8.86. The van der Waals surface area contributed by atoms with E-state index < -0.39 is 0 Å². The number of hydrogen-bond acceptors (Lipinski definition) is 4. The minimum atomic E-state index is -0.173. The standard InChI is InChI=1S/C25H30ClN3O2/c1-16(2)31-25(30)11-19(18-6-5-17(3)27-13-18)14-29-23-8-7-20(26)12-21(23)22-15-28(4)10-9-24(22)29/h5-8,12-13,16,19H,9-11,14-15H2,1-4H3. The fourth-order valence-electron chi connectivity index (χ4n) is 4.51. The highest BCUT2D eigenvalue weighted by Gasteiger charge is 2.26. The van der Waals surface area contributed by atoms with E-state index in [1.807, 2.05) is 39.1 Å². The van der Waals surface area contributed by atoms with Gasteiger partial charge >= 0.3 is 5.97 Å². The number of aryl methyl sites for hydroxylation is 1. The van der Waals surface area contributed by atoms with Crippen LogP contribution in [0.5, 0.6) is 0 Å². The number of halogens is 1. The summed E-state index contributed by atoms with van der Waals surface area (Å²) >= 11 is 6.35. The van der Waals surface area contributed by atoms with Crippen LogP contribution in [0.3, 0.4) is 0 Å². The Morgan fingerprint density at radius 1 is 1.26 bits per heavy atom. The van der Waals surface area contributed by atoms with Crippen molar-refractivity contribution in [1.29, 1.82) is 0 Å². The maximum absolute atomic E-state index is 12.6. The van der Waals surface area contributed by atoms with Gasteiger partial charge in [0.05, 0.1) is 12.5 Å². The van der Waals surface area contributed by atoms with Gasteiger partial charge in [0.1, 0.15) is 0 Å². The van der Waals surface area contributed by atoms with Crippen LogP contribution in [-0.2, 0) is 29.0 Å². The lowest BCUT2D eigenvalue weighted by Gasteiger charge is -2.26. The number of nitrogens with zero attached hydrogens (tertiary/aromatic N) is 3. The Kier molecular flexibility index (Phi) is 6.35. The smallest absolute Gasteiger partial charge is 0.306 e. The third-order valence-electron chi connectivity index (χ3n) is 6.00. The van der Waals surface area contributed by atoms with Crippen molar-refractivity contribution in [3.63, 3.8) is 0 Å². The summed E-state index contributed by atoms with van der Waals surface area (Å²) in [4.78, 5) is 19.4. The van der Waals surface area contributed by atoms with E-state index in [9.17, 15) is 4.79 Å². The first-order chi connectivity index (χ1) is 14.8. The van der Waals surface area contributed by atoms with Gasteiger partial charge in [0, 0.05) is 65.5 Å². The number of pyridine rings is 1. The number of rotatable bonds is 6. The summed E-state index contributed by atoms with van der Waals surface area (Å²) < 4.78 is 7.87. The van der Waals surface area contributed by atoms with Crippen LogP contribution in [0.25, 0.3) is 10.9 Å². The Morgan fingerprint density at radius 3 is 2.77 bits per heavy atom. The number of fused-ring (bicyclic) bond motifs is 3. The fourth-order valence-corrected chi connectivity index (χ4v) is 4.68. The molecule has 2 aromatic heterocycles. The molecule has 164 valence electrons. The average Bonchev–Trinajstić information content (AvgIpc) is 2.99. The fraction of sp³-hybridized carbons (Fsp3) is 0.440. The molecule has 3 aromatic rings. The van der Waals surface area contributed by atoms with Crippen LogP contribution in [0.2, 0.25) is 5.02 Å². The topological polar surface area (TPSA) is 47.4 Å². The summed E-state index contributed by atoms with van der Waals surface area (Å²) in [6.45, 7) is 8.37. The summed E-state index contributed by atoms with van der Waals surface area (Å²) in [6.07, 6.45) is 3.08. The van der Waals surface area contributed by atoms with Crippen molar-refractivity contribution in [2.24, 2.45) is 0 Å². The van der Waals surface area contributed by atoms with E-state index in [1.165, 1.54) is 22.2 Å². The lowest BCUT2D eigenvalue weighted by molar-refractivity contribution is -0.147. The molecule has 5 nitrogen and oxygen atoms in total. The quantitative estimate of drug-likeness (QED) is 0.500. The van der Waals surface area contributed by atoms with E-state index >= 15 is 0 Å². The molecule has 0 aliphatic carbocycles. The van der Waals surface area contributed by atoms with Crippen LogP contribution < -0.4 is 0 Å². The number of likely N-dealkylation sites (N-methyl/N-ethyl adjacent to an activating group) is 1. The van der Waals surface area contributed by atoms with Crippen molar-refractivity contribution in [3.05, 3.63) is 64.1 Å². The number of carbonyl (C=O) groups is 1. The molecule has 0 saturated heterocycles. The zero-order valence-corrected chi connectivity index (χ0v) is 19.4. The SMILES string of the molecule is Cc1ccc(C(CC(=O)OC(C)C)Cn2c3c(c4cc(Cl)ccc42)CN(C)CC3)cn1. The van der Waals surface area contributed by atoms with Gasteiger partial charge in [0.25, 0.3) is 0 Å². The van der Waals surface area contributed by atoms with Gasteiger partial charge in [0.2, 0.25) is 0 Å². The van der Waals surface area contributed by atoms with Gasteiger partial charge in [-0.05, 0) is 63.2 Å². The van der Waals surface area contributed by atoms with Crippen molar-refractivity contribution >= 4 is 28.5 Å². The largest absolute Gasteiger partial charge is 0.463 e. The lowest BCUT2D eigenvalue weighted by Crippen LogP contribution is -2.28. The molecule has 31 heavy (non-hydrogen) atoms. The van der Waals surface area contributed by atoms with Crippen molar-refractivity contribution < 1.29 is 9.53 Å². The highest BCUT2D eigenvalue weighted by Crippen LogP contribution is 2.35. The molecule has 3 heterocycles. The molecule has 1 atom stereocenters. The van der Waals surface area contributed by atoms with Gasteiger partial charge in [-0.3, -0.25) is 9.78 Å². The molecule has 6 heteroatoms. The zero-order valence-electron chi connectivity index (χ0n) is 18.7.